The number of rotatable bonds is 12. The van der Waals surface area contributed by atoms with Gasteiger partial charge in [0.25, 0.3) is 0 Å². The van der Waals surface area contributed by atoms with Crippen LogP contribution < -0.4 is 4.57 Å². The molecule has 0 aliphatic heterocycles. The van der Waals surface area contributed by atoms with Crippen LogP contribution in [-0.4, -0.2) is 54.5 Å². The van der Waals surface area contributed by atoms with E-state index in [-0.39, 0.29) is 6.61 Å². The van der Waals surface area contributed by atoms with Gasteiger partial charge >= 0.3 is 0 Å². The van der Waals surface area contributed by atoms with Crippen LogP contribution >= 0.6 is 11.8 Å². The molecule has 0 amide bonds. The van der Waals surface area contributed by atoms with Gasteiger partial charge in [-0.15, -0.1) is 11.8 Å². The van der Waals surface area contributed by atoms with Crippen molar-refractivity contribution >= 4 is 11.8 Å². The third-order valence-corrected chi connectivity index (χ3v) is 5.19. The van der Waals surface area contributed by atoms with Crippen molar-refractivity contribution in [3.63, 3.8) is 0 Å². The van der Waals surface area contributed by atoms with Gasteiger partial charge in [0.15, 0.2) is 11.4 Å². The fourth-order valence-corrected chi connectivity index (χ4v) is 3.81. The van der Waals surface area contributed by atoms with Crippen LogP contribution in [0.25, 0.3) is 0 Å². The first-order chi connectivity index (χ1) is 11.5. The van der Waals surface area contributed by atoms with Crippen LogP contribution in [-0.2, 0) is 20.1 Å². The summed E-state index contributed by atoms with van der Waals surface area (Å²) in [6.45, 7) is 8.91. The molecule has 24 heavy (non-hydrogen) atoms. The summed E-state index contributed by atoms with van der Waals surface area (Å²) < 4.78 is 2.36. The number of aliphatic hydroxyl groups excluding tert-OH is 1. The Balaban J connectivity index is 2.98. The van der Waals surface area contributed by atoms with E-state index in [1.165, 1.54) is 29.1 Å². The van der Waals surface area contributed by atoms with Crippen molar-refractivity contribution in [3.05, 3.63) is 23.5 Å². The number of thioether (sulfide) groups is 1. The fourth-order valence-electron chi connectivity index (χ4n) is 2.86. The van der Waals surface area contributed by atoms with Crippen LogP contribution in [0, 0.1) is 0 Å². The van der Waals surface area contributed by atoms with E-state index >= 15 is 0 Å². The van der Waals surface area contributed by atoms with Crippen LogP contribution in [0.3, 0.4) is 0 Å². The lowest BCUT2D eigenvalue weighted by atomic mass is 10.2. The third-order valence-electron chi connectivity index (χ3n) is 4.13. The van der Waals surface area contributed by atoms with Crippen molar-refractivity contribution in [1.29, 1.82) is 0 Å². The van der Waals surface area contributed by atoms with Crippen LogP contribution in [0.2, 0.25) is 0 Å². The maximum Gasteiger partial charge on any atom is 0.196 e. The van der Waals surface area contributed by atoms with Gasteiger partial charge in [-0.1, -0.05) is 13.8 Å². The molecule has 1 rings (SSSR count). The molecular weight excluding hydrogens is 318 g/mol. The normalized spacial score (nSPS) is 11.7. The molecule has 0 aliphatic carbocycles. The number of hydrogen-bond donors (Lipinski definition) is 1. The molecule has 0 unspecified atom stereocenters. The lowest BCUT2D eigenvalue weighted by Crippen LogP contribution is -2.42. The third kappa shape index (κ3) is 7.51. The Morgan fingerprint density at radius 1 is 1.00 bits per heavy atom. The van der Waals surface area contributed by atoms with E-state index in [1.807, 2.05) is 11.8 Å². The Labute approximate surface area is 152 Å². The van der Waals surface area contributed by atoms with Crippen LogP contribution in [0.15, 0.2) is 17.0 Å². The fraction of sp³-hybridized carbons (Fsp3) is 0.737. The van der Waals surface area contributed by atoms with E-state index in [1.54, 1.807) is 0 Å². The predicted molar refractivity (Wildman–Crippen MR) is 103 cm³/mol. The molecule has 0 atom stereocenters. The van der Waals surface area contributed by atoms with Gasteiger partial charge in [-0.2, -0.15) is 0 Å². The minimum atomic E-state index is 0.270. The monoisotopic (exact) mass is 354 g/mol. The average Bonchev–Trinajstić information content (AvgIpc) is 2.52. The van der Waals surface area contributed by atoms with E-state index in [0.717, 1.165) is 38.4 Å². The smallest absolute Gasteiger partial charge is 0.196 e. The molecule has 1 heterocycles. The first-order valence-electron chi connectivity index (χ1n) is 9.14. The molecule has 0 fully saturated rings. The second-order valence-electron chi connectivity index (χ2n) is 6.63. The zero-order chi connectivity index (χ0) is 17.9. The molecule has 1 aromatic rings. The van der Waals surface area contributed by atoms with Gasteiger partial charge in [0.1, 0.15) is 7.05 Å². The van der Waals surface area contributed by atoms with Crippen molar-refractivity contribution < 1.29 is 9.67 Å². The maximum absolute atomic E-state index is 9.02. The average molecular weight is 355 g/mol. The van der Waals surface area contributed by atoms with E-state index in [9.17, 15) is 0 Å². The Morgan fingerprint density at radius 3 is 1.92 bits per heavy atom. The zero-order valence-electron chi connectivity index (χ0n) is 16.2. The number of aromatic nitrogens is 1. The zero-order valence-corrected chi connectivity index (χ0v) is 17.0. The Morgan fingerprint density at radius 2 is 1.50 bits per heavy atom. The number of hydrogen-bond acceptors (Lipinski definition) is 4. The molecule has 5 heteroatoms. The summed E-state index contributed by atoms with van der Waals surface area (Å²) in [6, 6.07) is 4.63. The van der Waals surface area contributed by atoms with E-state index in [0.29, 0.717) is 0 Å². The van der Waals surface area contributed by atoms with Crippen LogP contribution in [0.1, 0.15) is 44.5 Å². The number of nitrogens with zero attached hydrogens (tertiary/aromatic N) is 3. The van der Waals surface area contributed by atoms with Crippen molar-refractivity contribution in [3.8, 4) is 0 Å². The number of aliphatic hydroxyl groups is 1. The first kappa shape index (κ1) is 21.4. The van der Waals surface area contributed by atoms with Gasteiger partial charge in [0.2, 0.25) is 0 Å². The standard InChI is InChI=1S/C19H36N3OS/c1-6-9-20(3)15-17-13-19(24-12-8-11-23)14-18(22(17)5)16-21(4)10-7-2/h13-14,23H,6-12,15-16H2,1-5H3/q+1. The van der Waals surface area contributed by atoms with Gasteiger partial charge in [-0.3, -0.25) is 9.80 Å². The van der Waals surface area contributed by atoms with Crippen molar-refractivity contribution in [2.75, 3.05) is 39.5 Å². The minimum Gasteiger partial charge on any atom is -0.396 e. The quantitative estimate of drug-likeness (QED) is 0.355. The lowest BCUT2D eigenvalue weighted by molar-refractivity contribution is -0.688. The van der Waals surface area contributed by atoms with E-state index < -0.39 is 0 Å². The van der Waals surface area contributed by atoms with Crippen molar-refractivity contribution in [2.24, 2.45) is 7.05 Å². The molecule has 0 saturated heterocycles. The largest absolute Gasteiger partial charge is 0.396 e. The molecule has 0 aliphatic rings. The predicted octanol–water partition coefficient (Wildman–Crippen LogP) is 2.67. The first-order valence-corrected chi connectivity index (χ1v) is 10.1. The number of pyridine rings is 1. The molecular formula is C19H36N3OS+. The van der Waals surface area contributed by atoms with Crippen LogP contribution in [0.4, 0.5) is 0 Å². The summed E-state index contributed by atoms with van der Waals surface area (Å²) >= 11 is 1.85. The summed E-state index contributed by atoms with van der Waals surface area (Å²) in [4.78, 5) is 6.09. The molecule has 0 bridgehead atoms. The summed E-state index contributed by atoms with van der Waals surface area (Å²) in [5.74, 6) is 0.971. The van der Waals surface area contributed by atoms with E-state index in [4.69, 9.17) is 5.11 Å². The molecule has 0 radical (unpaired) electrons. The Bertz CT molecular complexity index is 447. The molecule has 4 nitrogen and oxygen atoms in total. The lowest BCUT2D eigenvalue weighted by Gasteiger charge is -2.18. The molecule has 138 valence electrons. The minimum absolute atomic E-state index is 0.270. The second kappa shape index (κ2) is 11.9. The molecule has 1 aromatic heterocycles. The summed E-state index contributed by atoms with van der Waals surface area (Å²) in [5, 5.41) is 9.02. The summed E-state index contributed by atoms with van der Waals surface area (Å²) in [5.41, 5.74) is 2.72. The van der Waals surface area contributed by atoms with Crippen molar-refractivity contribution in [1.82, 2.24) is 9.80 Å². The van der Waals surface area contributed by atoms with Gasteiger partial charge in [-0.25, -0.2) is 4.57 Å². The SMILES string of the molecule is CCCN(C)Cc1cc(SCCCO)cc(CN(C)CCC)[n+]1C. The topological polar surface area (TPSA) is 30.6 Å². The highest BCUT2D eigenvalue weighted by Crippen LogP contribution is 2.21. The molecule has 0 spiro atoms. The highest BCUT2D eigenvalue weighted by atomic mass is 32.2. The Hall–Kier alpha value is -0.620. The van der Waals surface area contributed by atoms with Gasteiger partial charge in [0, 0.05) is 29.4 Å². The molecule has 0 saturated carbocycles. The second-order valence-corrected chi connectivity index (χ2v) is 7.80. The summed E-state index contributed by atoms with van der Waals surface area (Å²) in [7, 11) is 6.57. The molecule has 0 aromatic carbocycles. The Kier molecular flexibility index (Phi) is 10.6. The van der Waals surface area contributed by atoms with Gasteiger partial charge in [-0.05, 0) is 46.4 Å². The van der Waals surface area contributed by atoms with Crippen LogP contribution in [0.5, 0.6) is 0 Å². The van der Waals surface area contributed by atoms with Gasteiger partial charge in [0.05, 0.1) is 13.1 Å². The maximum atomic E-state index is 9.02. The van der Waals surface area contributed by atoms with E-state index in [2.05, 4.69) is 61.5 Å². The van der Waals surface area contributed by atoms with Crippen molar-refractivity contribution in [2.45, 2.75) is 51.1 Å². The van der Waals surface area contributed by atoms with Gasteiger partial charge < -0.3 is 5.11 Å². The molecule has 1 N–H and O–H groups in total. The highest BCUT2D eigenvalue weighted by Gasteiger charge is 2.18. The summed E-state index contributed by atoms with van der Waals surface area (Å²) in [6.07, 6.45) is 3.20. The highest BCUT2D eigenvalue weighted by molar-refractivity contribution is 7.99.